The van der Waals surface area contributed by atoms with Gasteiger partial charge in [0.05, 0.1) is 0 Å². The summed E-state index contributed by atoms with van der Waals surface area (Å²) in [6.45, 7) is 10.6. The van der Waals surface area contributed by atoms with Crippen molar-refractivity contribution in [3.8, 4) is 0 Å². The Labute approximate surface area is 112 Å². The van der Waals surface area contributed by atoms with Gasteiger partial charge in [-0.2, -0.15) is 11.8 Å². The molecule has 0 spiro atoms. The molecule has 0 amide bonds. The molecule has 2 nitrogen and oxygen atoms in total. The number of hydrogen-bond donors (Lipinski definition) is 1. The minimum Gasteiger partial charge on any atom is -0.313 e. The molecule has 2 atom stereocenters. The van der Waals surface area contributed by atoms with E-state index in [2.05, 4.69) is 42.7 Å². The fraction of sp³-hybridized carbons (Fsp3) is 1.00. The van der Waals surface area contributed by atoms with Gasteiger partial charge in [-0.25, -0.2) is 0 Å². The molecule has 0 radical (unpaired) electrons. The van der Waals surface area contributed by atoms with Gasteiger partial charge in [-0.1, -0.05) is 26.2 Å². The van der Waals surface area contributed by atoms with Crippen LogP contribution in [0.25, 0.3) is 0 Å². The molecule has 1 N–H and O–H groups in total. The smallest absolute Gasteiger partial charge is 0.0158 e. The number of nitrogens with zero attached hydrogens (tertiary/aromatic N) is 1. The zero-order valence-corrected chi connectivity index (χ0v) is 12.7. The van der Waals surface area contributed by atoms with E-state index in [4.69, 9.17) is 0 Å². The van der Waals surface area contributed by atoms with Gasteiger partial charge in [-0.15, -0.1) is 0 Å². The fourth-order valence-corrected chi connectivity index (χ4v) is 3.43. The Bertz CT molecular complexity index is 187. The molecule has 0 bridgehead atoms. The van der Waals surface area contributed by atoms with Gasteiger partial charge < -0.3 is 5.32 Å². The molecule has 0 aromatic heterocycles. The average Bonchev–Trinajstić information content (AvgIpc) is 2.32. The summed E-state index contributed by atoms with van der Waals surface area (Å²) < 4.78 is 0. The highest BCUT2D eigenvalue weighted by Gasteiger charge is 2.17. The molecular weight excluding hydrogens is 228 g/mol. The number of rotatable bonds is 8. The van der Waals surface area contributed by atoms with Crippen molar-refractivity contribution in [1.82, 2.24) is 10.2 Å². The maximum atomic E-state index is 3.66. The van der Waals surface area contributed by atoms with Gasteiger partial charge in [0.2, 0.25) is 0 Å². The van der Waals surface area contributed by atoms with Crippen LogP contribution in [-0.2, 0) is 0 Å². The van der Waals surface area contributed by atoms with E-state index in [-0.39, 0.29) is 0 Å². The van der Waals surface area contributed by atoms with E-state index in [1.54, 1.807) is 0 Å². The van der Waals surface area contributed by atoms with Crippen molar-refractivity contribution in [2.75, 3.05) is 31.1 Å². The molecule has 17 heavy (non-hydrogen) atoms. The van der Waals surface area contributed by atoms with Crippen molar-refractivity contribution >= 4 is 11.8 Å². The summed E-state index contributed by atoms with van der Waals surface area (Å²) in [7, 11) is 0. The fourth-order valence-electron chi connectivity index (χ4n) is 2.35. The molecule has 1 aliphatic heterocycles. The van der Waals surface area contributed by atoms with Crippen molar-refractivity contribution in [3.05, 3.63) is 0 Å². The summed E-state index contributed by atoms with van der Waals surface area (Å²) in [4.78, 5) is 2.63. The summed E-state index contributed by atoms with van der Waals surface area (Å²) in [5.41, 5.74) is 0. The van der Waals surface area contributed by atoms with E-state index in [1.807, 2.05) is 0 Å². The van der Waals surface area contributed by atoms with Gasteiger partial charge in [0.1, 0.15) is 0 Å². The van der Waals surface area contributed by atoms with Gasteiger partial charge in [0.25, 0.3) is 0 Å². The normalized spacial score (nSPS) is 23.8. The van der Waals surface area contributed by atoms with Crippen molar-refractivity contribution in [2.24, 2.45) is 0 Å². The Hall–Kier alpha value is 0.270. The number of nitrogens with one attached hydrogen (secondary N) is 1. The minimum atomic E-state index is 0.691. The summed E-state index contributed by atoms with van der Waals surface area (Å²) in [5, 5.41) is 3.66. The van der Waals surface area contributed by atoms with Crippen LogP contribution in [0.2, 0.25) is 0 Å². The lowest BCUT2D eigenvalue weighted by Crippen LogP contribution is -2.44. The topological polar surface area (TPSA) is 15.3 Å². The van der Waals surface area contributed by atoms with E-state index in [1.165, 1.54) is 50.3 Å². The maximum absolute atomic E-state index is 3.66. The van der Waals surface area contributed by atoms with Crippen LogP contribution in [0, 0.1) is 0 Å². The van der Waals surface area contributed by atoms with Crippen molar-refractivity contribution < 1.29 is 0 Å². The Kier molecular flexibility index (Phi) is 8.33. The molecule has 1 fully saturated rings. The highest BCUT2D eigenvalue weighted by Crippen LogP contribution is 2.15. The predicted molar refractivity (Wildman–Crippen MR) is 80.0 cm³/mol. The Morgan fingerprint density at radius 2 is 2.24 bits per heavy atom. The SMILES string of the molecule is CCCCCC(C)NCCN1CCSCC1C. The molecule has 3 heteroatoms. The predicted octanol–water partition coefficient (Wildman–Crippen LogP) is 2.98. The monoisotopic (exact) mass is 258 g/mol. The number of thioether (sulfide) groups is 1. The molecule has 0 aromatic rings. The summed E-state index contributed by atoms with van der Waals surface area (Å²) in [6, 6.07) is 1.46. The van der Waals surface area contributed by atoms with Crippen molar-refractivity contribution in [3.63, 3.8) is 0 Å². The summed E-state index contributed by atoms with van der Waals surface area (Å²) in [6.07, 6.45) is 5.42. The lowest BCUT2D eigenvalue weighted by atomic mass is 10.1. The average molecular weight is 258 g/mol. The molecule has 1 aliphatic rings. The molecule has 1 saturated heterocycles. The first-order chi connectivity index (χ1) is 8.24. The van der Waals surface area contributed by atoms with E-state index < -0.39 is 0 Å². The van der Waals surface area contributed by atoms with Gasteiger partial charge in [-0.3, -0.25) is 4.90 Å². The second-order valence-corrected chi connectivity index (χ2v) is 6.46. The quantitative estimate of drug-likeness (QED) is 0.674. The van der Waals surface area contributed by atoms with Gasteiger partial charge in [-0.05, 0) is 20.3 Å². The zero-order chi connectivity index (χ0) is 12.5. The molecule has 1 heterocycles. The summed E-state index contributed by atoms with van der Waals surface area (Å²) in [5.74, 6) is 2.63. The first kappa shape index (κ1) is 15.3. The van der Waals surface area contributed by atoms with Gasteiger partial charge in [0, 0.05) is 43.2 Å². The van der Waals surface area contributed by atoms with Crippen LogP contribution in [0.4, 0.5) is 0 Å². The molecule has 102 valence electrons. The van der Waals surface area contributed by atoms with Crippen LogP contribution in [-0.4, -0.2) is 48.1 Å². The lowest BCUT2D eigenvalue weighted by molar-refractivity contribution is 0.229. The standard InChI is InChI=1S/C14H30N2S/c1-4-5-6-7-13(2)15-8-9-16-10-11-17-12-14(16)3/h13-15H,4-12H2,1-3H3. The van der Waals surface area contributed by atoms with Crippen LogP contribution < -0.4 is 5.32 Å². The zero-order valence-electron chi connectivity index (χ0n) is 11.9. The third-order valence-corrected chi connectivity index (χ3v) is 4.83. The molecule has 2 unspecified atom stereocenters. The first-order valence-electron chi connectivity index (χ1n) is 7.29. The van der Waals surface area contributed by atoms with E-state index in [9.17, 15) is 0 Å². The van der Waals surface area contributed by atoms with E-state index >= 15 is 0 Å². The van der Waals surface area contributed by atoms with Crippen molar-refractivity contribution in [2.45, 2.75) is 58.5 Å². The van der Waals surface area contributed by atoms with Crippen LogP contribution in [0.5, 0.6) is 0 Å². The van der Waals surface area contributed by atoms with Crippen LogP contribution in [0.1, 0.15) is 46.5 Å². The molecule has 1 rings (SSSR count). The van der Waals surface area contributed by atoms with Gasteiger partial charge >= 0.3 is 0 Å². The molecular formula is C14H30N2S. The Morgan fingerprint density at radius 3 is 2.94 bits per heavy atom. The van der Waals surface area contributed by atoms with Crippen LogP contribution >= 0.6 is 11.8 Å². The highest BCUT2D eigenvalue weighted by molar-refractivity contribution is 7.99. The van der Waals surface area contributed by atoms with Crippen LogP contribution in [0.3, 0.4) is 0 Å². The third kappa shape index (κ3) is 6.68. The second kappa shape index (κ2) is 9.23. The summed E-state index contributed by atoms with van der Waals surface area (Å²) >= 11 is 2.10. The third-order valence-electron chi connectivity index (χ3n) is 3.64. The minimum absolute atomic E-state index is 0.691. The van der Waals surface area contributed by atoms with E-state index in [0.29, 0.717) is 6.04 Å². The lowest BCUT2D eigenvalue weighted by Gasteiger charge is -2.33. The largest absolute Gasteiger partial charge is 0.313 e. The number of hydrogen-bond acceptors (Lipinski definition) is 3. The molecule has 0 aliphatic carbocycles. The van der Waals surface area contributed by atoms with Crippen LogP contribution in [0.15, 0.2) is 0 Å². The molecule has 0 saturated carbocycles. The highest BCUT2D eigenvalue weighted by atomic mass is 32.2. The second-order valence-electron chi connectivity index (χ2n) is 5.31. The van der Waals surface area contributed by atoms with E-state index in [0.717, 1.165) is 12.6 Å². The molecule has 0 aromatic carbocycles. The maximum Gasteiger partial charge on any atom is 0.0158 e. The Morgan fingerprint density at radius 1 is 1.41 bits per heavy atom. The Balaban J connectivity index is 2.01. The number of unbranched alkanes of at least 4 members (excludes halogenated alkanes) is 2. The van der Waals surface area contributed by atoms with Gasteiger partial charge in [0.15, 0.2) is 0 Å². The van der Waals surface area contributed by atoms with Crippen molar-refractivity contribution in [1.29, 1.82) is 0 Å². The first-order valence-corrected chi connectivity index (χ1v) is 8.44.